The van der Waals surface area contributed by atoms with E-state index in [1.807, 2.05) is 0 Å². The zero-order valence-electron chi connectivity index (χ0n) is 8.66. The molecule has 0 amide bonds. The van der Waals surface area contributed by atoms with E-state index < -0.39 is 6.04 Å². The molecule has 1 aromatic rings. The third-order valence-electron chi connectivity index (χ3n) is 1.72. The second-order valence-corrected chi connectivity index (χ2v) is 3.35. The van der Waals surface area contributed by atoms with Crippen molar-refractivity contribution in [2.24, 2.45) is 0 Å². The summed E-state index contributed by atoms with van der Waals surface area (Å²) < 4.78 is 4.84. The maximum Gasteiger partial charge on any atom is 0.328 e. The zero-order chi connectivity index (χ0) is 11.3. The molecule has 0 radical (unpaired) electrons. The number of pyridine rings is 1. The Morgan fingerprint density at radius 2 is 2.40 bits per heavy atom. The molecule has 1 heterocycles. The number of hydrogen-bond donors (Lipinski definition) is 1. The Balaban J connectivity index is 2.58. The highest BCUT2D eigenvalue weighted by atomic mass is 35.5. The number of nitrogens with zero attached hydrogens (tertiary/aromatic N) is 1. The van der Waals surface area contributed by atoms with Crippen molar-refractivity contribution < 1.29 is 9.53 Å². The molecule has 0 aliphatic heterocycles. The van der Waals surface area contributed by atoms with Crippen molar-refractivity contribution in [3.05, 3.63) is 23.4 Å². The van der Waals surface area contributed by atoms with Gasteiger partial charge in [0.15, 0.2) is 0 Å². The highest BCUT2D eigenvalue weighted by Crippen LogP contribution is 2.10. The topological polar surface area (TPSA) is 51.2 Å². The van der Waals surface area contributed by atoms with Crippen LogP contribution in [-0.2, 0) is 9.53 Å². The van der Waals surface area contributed by atoms with E-state index in [2.05, 4.69) is 10.3 Å². The number of nitrogens with one attached hydrogen (secondary N) is 1. The molecule has 0 aromatic carbocycles. The van der Waals surface area contributed by atoms with Gasteiger partial charge in [-0.25, -0.2) is 9.78 Å². The Labute approximate surface area is 93.6 Å². The lowest BCUT2D eigenvalue weighted by Gasteiger charge is -2.12. The van der Waals surface area contributed by atoms with Crippen molar-refractivity contribution in [3.63, 3.8) is 0 Å². The lowest BCUT2D eigenvalue weighted by molar-refractivity contribution is -0.143. The van der Waals surface area contributed by atoms with Crippen LogP contribution in [0.4, 0.5) is 5.82 Å². The van der Waals surface area contributed by atoms with E-state index in [9.17, 15) is 4.79 Å². The Morgan fingerprint density at radius 1 is 1.67 bits per heavy atom. The molecule has 0 aliphatic rings. The molecule has 0 fully saturated rings. The van der Waals surface area contributed by atoms with Crippen LogP contribution in [0.2, 0.25) is 5.15 Å². The number of carbonyl (C=O) groups is 1. The SMILES string of the molecule is CCOC(=O)C(C)Nc1cccc(Cl)n1. The number of ether oxygens (including phenoxy) is 1. The van der Waals surface area contributed by atoms with Crippen LogP contribution >= 0.6 is 11.6 Å². The average molecular weight is 229 g/mol. The molecule has 1 N–H and O–H groups in total. The van der Waals surface area contributed by atoms with E-state index in [4.69, 9.17) is 16.3 Å². The van der Waals surface area contributed by atoms with E-state index in [0.29, 0.717) is 17.6 Å². The molecule has 1 rings (SSSR count). The first-order valence-electron chi connectivity index (χ1n) is 4.69. The molecule has 1 aromatic heterocycles. The van der Waals surface area contributed by atoms with Crippen molar-refractivity contribution in [2.45, 2.75) is 19.9 Å². The summed E-state index contributed by atoms with van der Waals surface area (Å²) >= 11 is 5.70. The quantitative estimate of drug-likeness (QED) is 0.634. The fourth-order valence-corrected chi connectivity index (χ4v) is 1.20. The zero-order valence-corrected chi connectivity index (χ0v) is 9.41. The van der Waals surface area contributed by atoms with E-state index >= 15 is 0 Å². The monoisotopic (exact) mass is 228 g/mol. The Kier molecular flexibility index (Phi) is 4.37. The van der Waals surface area contributed by atoms with Crippen molar-refractivity contribution in [1.82, 2.24) is 4.98 Å². The molecule has 1 unspecified atom stereocenters. The lowest BCUT2D eigenvalue weighted by atomic mass is 10.3. The van der Waals surface area contributed by atoms with Crippen LogP contribution in [0.1, 0.15) is 13.8 Å². The predicted octanol–water partition coefficient (Wildman–Crippen LogP) is 2.10. The summed E-state index contributed by atoms with van der Waals surface area (Å²) in [4.78, 5) is 15.3. The molecule has 82 valence electrons. The fourth-order valence-electron chi connectivity index (χ4n) is 1.04. The van der Waals surface area contributed by atoms with Gasteiger partial charge in [-0.15, -0.1) is 0 Å². The Morgan fingerprint density at radius 3 is 3.00 bits per heavy atom. The number of anilines is 1. The van der Waals surface area contributed by atoms with Crippen LogP contribution in [0, 0.1) is 0 Å². The fraction of sp³-hybridized carbons (Fsp3) is 0.400. The summed E-state index contributed by atoms with van der Waals surface area (Å²) in [6, 6.07) is 4.73. The minimum Gasteiger partial charge on any atom is -0.464 e. The van der Waals surface area contributed by atoms with E-state index in [0.717, 1.165) is 0 Å². The normalized spacial score (nSPS) is 11.9. The molecule has 0 spiro atoms. The number of aromatic nitrogens is 1. The van der Waals surface area contributed by atoms with Gasteiger partial charge in [-0.3, -0.25) is 0 Å². The third-order valence-corrected chi connectivity index (χ3v) is 1.93. The molecule has 0 saturated carbocycles. The summed E-state index contributed by atoms with van der Waals surface area (Å²) in [7, 11) is 0. The second-order valence-electron chi connectivity index (χ2n) is 2.96. The molecule has 5 heteroatoms. The Bertz CT molecular complexity index is 344. The molecule has 15 heavy (non-hydrogen) atoms. The molecule has 0 saturated heterocycles. The van der Waals surface area contributed by atoms with Gasteiger partial charge in [-0.1, -0.05) is 17.7 Å². The van der Waals surface area contributed by atoms with E-state index in [1.54, 1.807) is 32.0 Å². The Hall–Kier alpha value is -1.29. The molecule has 1 atom stereocenters. The summed E-state index contributed by atoms with van der Waals surface area (Å²) in [5, 5.41) is 3.28. The van der Waals surface area contributed by atoms with Gasteiger partial charge in [0.1, 0.15) is 17.0 Å². The van der Waals surface area contributed by atoms with Gasteiger partial charge in [0.2, 0.25) is 0 Å². The van der Waals surface area contributed by atoms with Gasteiger partial charge >= 0.3 is 5.97 Å². The largest absolute Gasteiger partial charge is 0.464 e. The number of hydrogen-bond acceptors (Lipinski definition) is 4. The summed E-state index contributed by atoms with van der Waals surface area (Å²) in [5.74, 6) is 0.252. The summed E-state index contributed by atoms with van der Waals surface area (Å²) in [6.45, 7) is 3.84. The number of carbonyl (C=O) groups excluding carboxylic acids is 1. The predicted molar refractivity (Wildman–Crippen MR) is 59.0 cm³/mol. The van der Waals surface area contributed by atoms with E-state index in [-0.39, 0.29) is 5.97 Å². The molecule has 4 nitrogen and oxygen atoms in total. The first-order valence-corrected chi connectivity index (χ1v) is 5.07. The number of rotatable bonds is 4. The molecular weight excluding hydrogens is 216 g/mol. The minimum absolute atomic E-state index is 0.306. The van der Waals surface area contributed by atoms with E-state index in [1.165, 1.54) is 0 Å². The number of esters is 1. The van der Waals surface area contributed by atoms with Gasteiger partial charge in [0, 0.05) is 0 Å². The highest BCUT2D eigenvalue weighted by molar-refractivity contribution is 6.29. The smallest absolute Gasteiger partial charge is 0.328 e. The molecular formula is C10H13ClN2O2. The van der Waals surface area contributed by atoms with Gasteiger partial charge in [0.05, 0.1) is 6.61 Å². The second kappa shape index (κ2) is 5.56. The maximum atomic E-state index is 11.3. The van der Waals surface area contributed by atoms with Crippen LogP contribution in [0.3, 0.4) is 0 Å². The molecule has 0 bridgehead atoms. The first kappa shape index (κ1) is 11.8. The summed E-state index contributed by atoms with van der Waals surface area (Å²) in [5.41, 5.74) is 0. The molecule has 0 aliphatic carbocycles. The van der Waals surface area contributed by atoms with Crippen molar-refractivity contribution >= 4 is 23.4 Å². The summed E-state index contributed by atoms with van der Waals surface area (Å²) in [6.07, 6.45) is 0. The van der Waals surface area contributed by atoms with Crippen LogP contribution in [-0.4, -0.2) is 23.6 Å². The highest BCUT2D eigenvalue weighted by Gasteiger charge is 2.13. The average Bonchev–Trinajstić information content (AvgIpc) is 2.18. The van der Waals surface area contributed by atoms with Crippen molar-refractivity contribution in [2.75, 3.05) is 11.9 Å². The van der Waals surface area contributed by atoms with Gasteiger partial charge < -0.3 is 10.1 Å². The minimum atomic E-state index is -0.434. The maximum absolute atomic E-state index is 11.3. The van der Waals surface area contributed by atoms with Gasteiger partial charge in [-0.05, 0) is 26.0 Å². The van der Waals surface area contributed by atoms with Crippen LogP contribution in [0.5, 0.6) is 0 Å². The van der Waals surface area contributed by atoms with Crippen LogP contribution in [0.15, 0.2) is 18.2 Å². The van der Waals surface area contributed by atoms with Crippen molar-refractivity contribution in [3.8, 4) is 0 Å². The van der Waals surface area contributed by atoms with Crippen LogP contribution < -0.4 is 5.32 Å². The van der Waals surface area contributed by atoms with Gasteiger partial charge in [0.25, 0.3) is 0 Å². The van der Waals surface area contributed by atoms with Crippen LogP contribution in [0.25, 0.3) is 0 Å². The van der Waals surface area contributed by atoms with Crippen molar-refractivity contribution in [1.29, 1.82) is 0 Å². The number of halogens is 1. The first-order chi connectivity index (χ1) is 7.13. The van der Waals surface area contributed by atoms with Gasteiger partial charge in [-0.2, -0.15) is 0 Å². The third kappa shape index (κ3) is 3.75. The standard InChI is InChI=1S/C10H13ClN2O2/c1-3-15-10(14)7(2)12-9-6-4-5-8(11)13-9/h4-7H,3H2,1-2H3,(H,12,13). The lowest BCUT2D eigenvalue weighted by Crippen LogP contribution is -2.28.